The van der Waals surface area contributed by atoms with E-state index in [-0.39, 0.29) is 24.4 Å². The van der Waals surface area contributed by atoms with Crippen LogP contribution in [0.2, 0.25) is 0 Å². The molecule has 1 N–H and O–H groups in total. The highest BCUT2D eigenvalue weighted by Crippen LogP contribution is 2.24. The molecule has 2 saturated heterocycles. The molecule has 0 unspecified atom stereocenters. The molecule has 2 aromatic rings. The maximum Gasteiger partial charge on any atom is 0.253 e. The van der Waals surface area contributed by atoms with Gasteiger partial charge in [-0.25, -0.2) is 0 Å². The van der Waals surface area contributed by atoms with Crippen LogP contribution in [0.3, 0.4) is 0 Å². The van der Waals surface area contributed by atoms with Crippen LogP contribution in [0.15, 0.2) is 36.4 Å². The average molecular weight is 433 g/mol. The van der Waals surface area contributed by atoms with Crippen LogP contribution in [0, 0.1) is 0 Å². The van der Waals surface area contributed by atoms with E-state index in [9.17, 15) is 9.90 Å². The van der Waals surface area contributed by atoms with Crippen LogP contribution in [0.5, 0.6) is 5.75 Å². The first kappa shape index (κ1) is 22.9. The molecule has 0 aromatic heterocycles. The third kappa shape index (κ3) is 5.87. The molecular weight excluding hydrogens is 400 g/mol. The van der Waals surface area contributed by atoms with E-state index in [0.29, 0.717) is 31.5 Å². The van der Waals surface area contributed by atoms with Crippen molar-refractivity contribution in [2.24, 2.45) is 0 Å². The molecule has 0 bridgehead atoms. The van der Waals surface area contributed by atoms with Gasteiger partial charge in [-0.1, -0.05) is 18.6 Å². The van der Waals surface area contributed by atoms with Crippen molar-refractivity contribution >= 4 is 29.1 Å². The number of ether oxygens (including phenoxy) is 1. The fourth-order valence-corrected chi connectivity index (χ4v) is 4.36. The van der Waals surface area contributed by atoms with E-state index in [1.807, 2.05) is 35.2 Å². The molecule has 2 heterocycles. The van der Waals surface area contributed by atoms with Gasteiger partial charge in [0.2, 0.25) is 0 Å². The van der Waals surface area contributed by atoms with Crippen molar-refractivity contribution < 1.29 is 14.6 Å². The Morgan fingerprint density at radius 2 is 1.67 bits per heavy atom. The lowest BCUT2D eigenvalue weighted by Crippen LogP contribution is -2.40. The number of nitrogens with zero attached hydrogens (tertiary/aromatic N) is 2. The maximum atomic E-state index is 12.7. The summed E-state index contributed by atoms with van der Waals surface area (Å²) in [6.07, 6.45) is 6.14. The average Bonchev–Trinajstić information content (AvgIpc) is 2.77. The van der Waals surface area contributed by atoms with Crippen LogP contribution in [-0.2, 0) is 0 Å². The van der Waals surface area contributed by atoms with Gasteiger partial charge in [0, 0.05) is 25.2 Å². The molecule has 30 heavy (non-hydrogen) atoms. The van der Waals surface area contributed by atoms with Gasteiger partial charge < -0.3 is 19.6 Å². The van der Waals surface area contributed by atoms with Crippen molar-refractivity contribution in [2.45, 2.75) is 44.6 Å². The Kier molecular flexibility index (Phi) is 8.37. The first-order chi connectivity index (χ1) is 14.2. The van der Waals surface area contributed by atoms with Gasteiger partial charge in [-0.3, -0.25) is 4.79 Å². The fourth-order valence-electron chi connectivity index (χ4n) is 4.36. The zero-order valence-corrected chi connectivity index (χ0v) is 18.4. The van der Waals surface area contributed by atoms with Gasteiger partial charge in [0.15, 0.2) is 0 Å². The lowest BCUT2D eigenvalue weighted by atomic mass is 10.0. The Hall–Kier alpha value is -1.82. The summed E-state index contributed by atoms with van der Waals surface area (Å²) in [5.74, 6) is 0.942. The number of rotatable bonds is 6. The van der Waals surface area contributed by atoms with Gasteiger partial charge in [0.05, 0.1) is 12.7 Å². The third-order valence-electron chi connectivity index (χ3n) is 6.15. The van der Waals surface area contributed by atoms with Crippen LogP contribution >= 0.6 is 12.4 Å². The van der Waals surface area contributed by atoms with Crippen LogP contribution < -0.4 is 4.74 Å². The second-order valence-electron chi connectivity index (χ2n) is 8.35. The molecule has 5 nitrogen and oxygen atoms in total. The Morgan fingerprint density at radius 3 is 2.43 bits per heavy atom. The predicted molar refractivity (Wildman–Crippen MR) is 123 cm³/mol. The number of benzene rings is 2. The molecule has 0 radical (unpaired) electrons. The highest BCUT2D eigenvalue weighted by molar-refractivity contribution is 5.98. The summed E-state index contributed by atoms with van der Waals surface area (Å²) in [6.45, 7) is 5.57. The lowest BCUT2D eigenvalue weighted by molar-refractivity contribution is 0.0546. The van der Waals surface area contributed by atoms with Crippen molar-refractivity contribution in [1.29, 1.82) is 0 Å². The molecule has 0 saturated carbocycles. The van der Waals surface area contributed by atoms with E-state index in [4.69, 9.17) is 4.74 Å². The number of piperidine rings is 2. The number of aliphatic hydroxyl groups is 1. The minimum Gasteiger partial charge on any atom is -0.494 e. The number of carbonyl (C=O) groups is 1. The predicted octanol–water partition coefficient (Wildman–Crippen LogP) is 4.11. The number of likely N-dealkylation sites (tertiary alicyclic amines) is 2. The number of carbonyl (C=O) groups excluding carboxylic acids is 1. The normalized spacial score (nSPS) is 18.2. The zero-order chi connectivity index (χ0) is 20.1. The molecule has 2 fully saturated rings. The SMILES string of the molecule is Cl.O=C(c1ccc2cc(OCCCN3CCCCC3)ccc2c1)N1CCC(O)CC1. The van der Waals surface area contributed by atoms with Gasteiger partial charge in [0.25, 0.3) is 5.91 Å². The van der Waals surface area contributed by atoms with Crippen molar-refractivity contribution in [1.82, 2.24) is 9.80 Å². The minimum atomic E-state index is -0.270. The number of hydrogen-bond donors (Lipinski definition) is 1. The molecule has 4 rings (SSSR count). The smallest absolute Gasteiger partial charge is 0.253 e. The first-order valence-electron chi connectivity index (χ1n) is 11.1. The topological polar surface area (TPSA) is 53.0 Å². The summed E-state index contributed by atoms with van der Waals surface area (Å²) in [5, 5.41) is 11.8. The van der Waals surface area contributed by atoms with Crippen molar-refractivity contribution in [3.05, 3.63) is 42.0 Å². The van der Waals surface area contributed by atoms with E-state index in [1.54, 1.807) is 0 Å². The molecule has 1 amide bonds. The second kappa shape index (κ2) is 11.0. The summed E-state index contributed by atoms with van der Waals surface area (Å²) < 4.78 is 5.96. The Morgan fingerprint density at radius 1 is 0.967 bits per heavy atom. The van der Waals surface area contributed by atoms with E-state index in [1.165, 1.54) is 32.4 Å². The second-order valence-corrected chi connectivity index (χ2v) is 8.35. The van der Waals surface area contributed by atoms with Crippen LogP contribution in [-0.4, -0.2) is 66.2 Å². The van der Waals surface area contributed by atoms with E-state index < -0.39 is 0 Å². The van der Waals surface area contributed by atoms with Gasteiger partial charge in [0.1, 0.15) is 5.75 Å². The van der Waals surface area contributed by atoms with Crippen molar-refractivity contribution in [3.63, 3.8) is 0 Å². The van der Waals surface area contributed by atoms with E-state index >= 15 is 0 Å². The van der Waals surface area contributed by atoms with Crippen LogP contribution in [0.1, 0.15) is 48.9 Å². The summed E-state index contributed by atoms with van der Waals surface area (Å²) in [7, 11) is 0. The number of fused-ring (bicyclic) bond motifs is 1. The fraction of sp³-hybridized carbons (Fsp3) is 0.542. The van der Waals surface area contributed by atoms with Crippen LogP contribution in [0.4, 0.5) is 0 Å². The molecule has 0 spiro atoms. The van der Waals surface area contributed by atoms with Gasteiger partial charge in [-0.05, 0) is 80.2 Å². The van der Waals surface area contributed by atoms with Gasteiger partial charge >= 0.3 is 0 Å². The molecule has 0 aliphatic carbocycles. The minimum absolute atomic E-state index is 0. The number of amides is 1. The zero-order valence-electron chi connectivity index (χ0n) is 17.6. The monoisotopic (exact) mass is 432 g/mol. The molecule has 0 atom stereocenters. The summed E-state index contributed by atoms with van der Waals surface area (Å²) in [4.78, 5) is 17.1. The number of halogens is 1. The molecule has 164 valence electrons. The van der Waals surface area contributed by atoms with E-state index in [0.717, 1.165) is 36.1 Å². The Bertz CT molecular complexity index is 830. The highest BCUT2D eigenvalue weighted by atomic mass is 35.5. The lowest BCUT2D eigenvalue weighted by Gasteiger charge is -2.29. The van der Waals surface area contributed by atoms with Crippen molar-refractivity contribution in [3.8, 4) is 5.75 Å². The number of aliphatic hydroxyl groups excluding tert-OH is 1. The summed E-state index contributed by atoms with van der Waals surface area (Å²) in [6, 6.07) is 11.9. The van der Waals surface area contributed by atoms with Crippen molar-refractivity contribution in [2.75, 3.05) is 39.3 Å². The summed E-state index contributed by atoms with van der Waals surface area (Å²) >= 11 is 0. The molecule has 6 heteroatoms. The molecule has 2 aromatic carbocycles. The Labute approximate surface area is 185 Å². The highest BCUT2D eigenvalue weighted by Gasteiger charge is 2.22. The third-order valence-corrected chi connectivity index (χ3v) is 6.15. The number of hydrogen-bond acceptors (Lipinski definition) is 4. The van der Waals surface area contributed by atoms with Gasteiger partial charge in [-0.15, -0.1) is 12.4 Å². The standard InChI is InChI=1S/C24H32N2O3.ClH/c27-22-9-14-26(15-10-22)24(28)21-6-5-20-18-23(8-7-19(20)17-21)29-16-4-13-25-11-2-1-3-12-25;/h5-8,17-18,22,27H,1-4,9-16H2;1H. The summed E-state index contributed by atoms with van der Waals surface area (Å²) in [5.41, 5.74) is 0.712. The van der Waals surface area contributed by atoms with Gasteiger partial charge in [-0.2, -0.15) is 0 Å². The Balaban J connectivity index is 0.00000256. The molecule has 2 aliphatic heterocycles. The first-order valence-corrected chi connectivity index (χ1v) is 11.1. The maximum absolute atomic E-state index is 12.7. The van der Waals surface area contributed by atoms with E-state index in [2.05, 4.69) is 11.0 Å². The molecular formula is C24H33ClN2O3. The molecule has 2 aliphatic rings. The van der Waals surface area contributed by atoms with Crippen LogP contribution in [0.25, 0.3) is 10.8 Å². The largest absolute Gasteiger partial charge is 0.494 e. The quantitative estimate of drug-likeness (QED) is 0.698.